The molecular formula is C32H44N6O6. The number of hydrogen-bond donors (Lipinski definition) is 2. The number of fused-ring (bicyclic) bond motifs is 3. The predicted octanol–water partition coefficient (Wildman–Crippen LogP) is 3.15. The van der Waals surface area contributed by atoms with E-state index in [1.807, 2.05) is 37.5 Å². The van der Waals surface area contributed by atoms with E-state index >= 15 is 0 Å². The van der Waals surface area contributed by atoms with Crippen LogP contribution in [0.4, 0.5) is 10.6 Å². The molecule has 4 heterocycles. The molecule has 5 fully saturated rings. The second kappa shape index (κ2) is 11.5. The van der Waals surface area contributed by atoms with Crippen molar-refractivity contribution in [1.29, 1.82) is 5.26 Å². The third-order valence-corrected chi connectivity index (χ3v) is 10.7. The highest BCUT2D eigenvalue weighted by Crippen LogP contribution is 2.56. The molecule has 238 valence electrons. The Balaban J connectivity index is 1.39. The van der Waals surface area contributed by atoms with E-state index < -0.39 is 35.4 Å². The fourth-order valence-electron chi connectivity index (χ4n) is 8.68. The molecular weight excluding hydrogens is 564 g/mol. The van der Waals surface area contributed by atoms with E-state index in [2.05, 4.69) is 21.7 Å². The lowest BCUT2D eigenvalue weighted by Gasteiger charge is -2.49. The van der Waals surface area contributed by atoms with Crippen LogP contribution in [0.1, 0.15) is 59.8 Å². The second-order valence-electron chi connectivity index (χ2n) is 14.1. The van der Waals surface area contributed by atoms with Crippen LogP contribution in [-0.4, -0.2) is 89.5 Å². The lowest BCUT2D eigenvalue weighted by Crippen LogP contribution is -2.62. The average molecular weight is 609 g/mol. The molecule has 1 aromatic heterocycles. The monoisotopic (exact) mass is 608 g/mol. The van der Waals surface area contributed by atoms with Crippen molar-refractivity contribution in [3.63, 3.8) is 0 Å². The minimum Gasteiger partial charge on any atom is -0.472 e. The number of amides is 3. The Labute approximate surface area is 258 Å². The van der Waals surface area contributed by atoms with Crippen LogP contribution >= 0.6 is 0 Å². The summed E-state index contributed by atoms with van der Waals surface area (Å²) in [7, 11) is 1.29. The van der Waals surface area contributed by atoms with Gasteiger partial charge in [0.2, 0.25) is 11.5 Å². The summed E-state index contributed by atoms with van der Waals surface area (Å²) in [6, 6.07) is 4.05. The standard InChI is InChI=1S/C32H44N6O6/c1-6-43-28(38-17-32(14-20(38)15-33)29(40)36-26-22(44-32)8-7-13-34-26)24-23-19-11-9-18(10-12-19)21(23)16-37(24)27(39)25(31(2,3)4)35-30(41)42-5/h7-8,13,18-21,23-25,28H,6,9-12,14,16-17H2,1-5H3,(H,35,41)(H,34,36,40)/t18?,19?,20-,21+,23-,24-,25+,28?,32+/m0/s1. The third kappa shape index (κ3) is 5.08. The Morgan fingerprint density at radius 2 is 2.00 bits per heavy atom. The Hall–Kier alpha value is -3.43. The van der Waals surface area contributed by atoms with Crippen molar-refractivity contribution in [3.05, 3.63) is 18.3 Å². The average Bonchev–Trinajstić information content (AvgIpc) is 3.60. The lowest BCUT2D eigenvalue weighted by atomic mass is 9.58. The number of nitriles is 1. The first-order chi connectivity index (χ1) is 21.0. The molecule has 1 spiro atoms. The first kappa shape index (κ1) is 30.6. The van der Waals surface area contributed by atoms with Gasteiger partial charge in [0.1, 0.15) is 18.3 Å². The van der Waals surface area contributed by atoms with Crippen LogP contribution in [-0.2, 0) is 19.1 Å². The van der Waals surface area contributed by atoms with Crippen LogP contribution in [0, 0.1) is 40.4 Å². The molecule has 1 unspecified atom stereocenters. The summed E-state index contributed by atoms with van der Waals surface area (Å²) in [5, 5.41) is 16.1. The second-order valence-corrected chi connectivity index (χ2v) is 14.1. The topological polar surface area (TPSA) is 146 Å². The first-order valence-electron chi connectivity index (χ1n) is 15.9. The maximum atomic E-state index is 14.6. The number of likely N-dealkylation sites (tertiary alicyclic amines) is 2. The molecule has 44 heavy (non-hydrogen) atoms. The molecule has 3 saturated carbocycles. The Morgan fingerprint density at radius 3 is 2.66 bits per heavy atom. The number of pyridine rings is 1. The molecule has 7 atom stereocenters. The molecule has 6 aliphatic rings. The summed E-state index contributed by atoms with van der Waals surface area (Å²) in [6.45, 7) is 8.75. The highest BCUT2D eigenvalue weighted by molar-refractivity contribution is 6.00. The molecule has 3 aliphatic carbocycles. The Morgan fingerprint density at radius 1 is 1.27 bits per heavy atom. The lowest BCUT2D eigenvalue weighted by molar-refractivity contribution is -0.153. The van der Waals surface area contributed by atoms with Crippen LogP contribution in [0.5, 0.6) is 5.75 Å². The van der Waals surface area contributed by atoms with Gasteiger partial charge in [-0.2, -0.15) is 5.26 Å². The number of rotatable bonds is 6. The van der Waals surface area contributed by atoms with Gasteiger partial charge in [-0.25, -0.2) is 9.78 Å². The van der Waals surface area contributed by atoms with Crippen LogP contribution in [0.2, 0.25) is 0 Å². The van der Waals surface area contributed by atoms with Crippen molar-refractivity contribution < 1.29 is 28.6 Å². The largest absolute Gasteiger partial charge is 0.472 e. The van der Waals surface area contributed by atoms with E-state index in [1.165, 1.54) is 7.11 Å². The number of aromatic nitrogens is 1. The maximum Gasteiger partial charge on any atom is 0.407 e. The van der Waals surface area contributed by atoms with E-state index in [0.717, 1.165) is 25.7 Å². The van der Waals surface area contributed by atoms with Gasteiger partial charge in [-0.3, -0.25) is 14.5 Å². The third-order valence-electron chi connectivity index (χ3n) is 10.7. The number of methoxy groups -OCH3 is 1. The van der Waals surface area contributed by atoms with Crippen molar-refractivity contribution >= 4 is 23.7 Å². The Bertz CT molecular complexity index is 1330. The van der Waals surface area contributed by atoms with Gasteiger partial charge in [-0.15, -0.1) is 0 Å². The van der Waals surface area contributed by atoms with Crippen molar-refractivity contribution in [2.24, 2.45) is 29.1 Å². The zero-order valence-corrected chi connectivity index (χ0v) is 26.2. The molecule has 0 aromatic carbocycles. The number of ether oxygens (including phenoxy) is 3. The fourth-order valence-corrected chi connectivity index (χ4v) is 8.68. The van der Waals surface area contributed by atoms with E-state index in [4.69, 9.17) is 14.2 Å². The molecule has 7 rings (SSSR count). The van der Waals surface area contributed by atoms with Gasteiger partial charge in [0, 0.05) is 25.8 Å². The molecule has 2 bridgehead atoms. The van der Waals surface area contributed by atoms with Crippen LogP contribution in [0.25, 0.3) is 0 Å². The zero-order valence-electron chi connectivity index (χ0n) is 26.2. The Kier molecular flexibility index (Phi) is 7.99. The molecule has 0 radical (unpaired) electrons. The van der Waals surface area contributed by atoms with Crippen LogP contribution in [0.15, 0.2) is 18.3 Å². The van der Waals surface area contributed by atoms with Gasteiger partial charge in [0.05, 0.1) is 25.8 Å². The van der Waals surface area contributed by atoms with Crippen molar-refractivity contribution in [2.45, 2.75) is 89.8 Å². The maximum absolute atomic E-state index is 14.6. The fraction of sp³-hybridized carbons (Fsp3) is 0.719. The first-order valence-corrected chi connectivity index (χ1v) is 15.9. The van der Waals surface area contributed by atoms with E-state index in [1.54, 1.807) is 18.3 Å². The summed E-state index contributed by atoms with van der Waals surface area (Å²) < 4.78 is 17.8. The van der Waals surface area contributed by atoms with Crippen molar-refractivity contribution in [1.82, 2.24) is 20.1 Å². The number of alkyl carbamates (subject to hydrolysis) is 1. The normalized spacial score (nSPS) is 33.9. The van der Waals surface area contributed by atoms with Crippen molar-refractivity contribution in [3.8, 4) is 11.8 Å². The molecule has 12 heteroatoms. The number of nitrogens with zero attached hydrogens (tertiary/aromatic N) is 4. The number of hydrogen-bond acceptors (Lipinski definition) is 9. The highest BCUT2D eigenvalue weighted by atomic mass is 16.5. The van der Waals surface area contributed by atoms with Crippen LogP contribution < -0.4 is 15.4 Å². The molecule has 3 amide bonds. The molecule has 1 aromatic rings. The molecule has 2 saturated heterocycles. The van der Waals surface area contributed by atoms with Gasteiger partial charge in [0.15, 0.2) is 11.6 Å². The minimum absolute atomic E-state index is 0.128. The molecule has 2 N–H and O–H groups in total. The molecule has 3 aliphatic heterocycles. The van der Waals surface area contributed by atoms with Gasteiger partial charge < -0.3 is 29.7 Å². The summed E-state index contributed by atoms with van der Waals surface area (Å²) in [5.41, 5.74) is -1.89. The van der Waals surface area contributed by atoms with Gasteiger partial charge in [-0.05, 0) is 73.8 Å². The van der Waals surface area contributed by atoms with E-state index in [0.29, 0.717) is 42.5 Å². The minimum atomic E-state index is -1.30. The number of nitrogens with one attached hydrogen (secondary N) is 2. The molecule has 12 nitrogen and oxygen atoms in total. The zero-order chi connectivity index (χ0) is 31.4. The smallest absolute Gasteiger partial charge is 0.407 e. The summed E-state index contributed by atoms with van der Waals surface area (Å²) >= 11 is 0. The highest BCUT2D eigenvalue weighted by Gasteiger charge is 2.62. The number of anilines is 1. The van der Waals surface area contributed by atoms with Gasteiger partial charge >= 0.3 is 6.09 Å². The van der Waals surface area contributed by atoms with Gasteiger partial charge in [-0.1, -0.05) is 20.8 Å². The summed E-state index contributed by atoms with van der Waals surface area (Å²) in [5.74, 6) is 1.74. The number of carbonyl (C=O) groups excluding carboxylic acids is 3. The van der Waals surface area contributed by atoms with Crippen LogP contribution in [0.3, 0.4) is 0 Å². The van der Waals surface area contributed by atoms with E-state index in [9.17, 15) is 19.6 Å². The van der Waals surface area contributed by atoms with Crippen molar-refractivity contribution in [2.75, 3.05) is 32.1 Å². The predicted molar refractivity (Wildman–Crippen MR) is 159 cm³/mol. The summed E-state index contributed by atoms with van der Waals surface area (Å²) in [6.07, 6.45) is 4.95. The SMILES string of the molecule is CCOC([C@@H]1[C@H]2C3CCC(CC3)[C@H]2CN1C(=O)[C@@H](NC(=O)OC)C(C)(C)C)N1C[C@@]2(C[C@H]1C#N)Oc1cccnc1NC2=O. The number of carbonyl (C=O) groups is 3. The van der Waals surface area contributed by atoms with Gasteiger partial charge in [0.25, 0.3) is 5.91 Å². The summed E-state index contributed by atoms with van der Waals surface area (Å²) in [4.78, 5) is 48.7. The quantitative estimate of drug-likeness (QED) is 0.497. The van der Waals surface area contributed by atoms with E-state index in [-0.39, 0.29) is 36.7 Å².